The SMILES string of the molecule is CCCCCSc1n[n+]2c(c(=O)[nH]1)-c1ccccc1N(C(C)=O)C2/C=C/c1ccccc1. The first-order valence-electron chi connectivity index (χ1n) is 10.9. The van der Waals surface area contributed by atoms with Crippen LogP contribution in [0, 0.1) is 0 Å². The van der Waals surface area contributed by atoms with Gasteiger partial charge < -0.3 is 0 Å². The Bertz CT molecular complexity index is 1190. The molecule has 0 radical (unpaired) electrons. The van der Waals surface area contributed by atoms with Crippen molar-refractivity contribution in [2.24, 2.45) is 0 Å². The number of hydrogen-bond acceptors (Lipinski definition) is 4. The third kappa shape index (κ3) is 4.53. The van der Waals surface area contributed by atoms with Gasteiger partial charge in [-0.2, -0.15) is 0 Å². The number of unbranched alkanes of at least 4 members (excludes halogenated alkanes) is 2. The molecule has 0 bridgehead atoms. The van der Waals surface area contributed by atoms with Gasteiger partial charge in [-0.25, -0.2) is 4.90 Å². The van der Waals surface area contributed by atoms with Gasteiger partial charge in [-0.05, 0) is 28.8 Å². The van der Waals surface area contributed by atoms with Crippen molar-refractivity contribution in [3.63, 3.8) is 0 Å². The third-order valence-corrected chi connectivity index (χ3v) is 6.33. The van der Waals surface area contributed by atoms with Gasteiger partial charge in [0.25, 0.3) is 6.17 Å². The number of fused-ring (bicyclic) bond motifs is 3. The summed E-state index contributed by atoms with van der Waals surface area (Å²) in [6, 6.07) is 17.4. The average molecular weight is 448 g/mol. The maximum absolute atomic E-state index is 13.2. The van der Waals surface area contributed by atoms with Crippen LogP contribution in [0.1, 0.15) is 44.8 Å². The lowest BCUT2D eigenvalue weighted by Gasteiger charge is -2.29. The van der Waals surface area contributed by atoms with Crippen LogP contribution in [0.25, 0.3) is 17.3 Å². The van der Waals surface area contributed by atoms with Gasteiger partial charge >= 0.3 is 11.3 Å². The van der Waals surface area contributed by atoms with E-state index in [0.717, 1.165) is 30.6 Å². The van der Waals surface area contributed by atoms with Crippen molar-refractivity contribution in [2.45, 2.75) is 44.4 Å². The summed E-state index contributed by atoms with van der Waals surface area (Å²) < 4.78 is 1.68. The molecular weight excluding hydrogens is 420 g/mol. The highest BCUT2D eigenvalue weighted by Gasteiger charge is 2.42. The molecule has 1 aliphatic rings. The number of aromatic nitrogens is 3. The first kappa shape index (κ1) is 22.0. The third-order valence-electron chi connectivity index (χ3n) is 5.38. The van der Waals surface area contributed by atoms with E-state index in [1.165, 1.54) is 11.8 Å². The smallest absolute Gasteiger partial charge is 0.291 e. The van der Waals surface area contributed by atoms with Crippen molar-refractivity contribution in [1.29, 1.82) is 0 Å². The Hall–Kier alpha value is -3.19. The molecule has 164 valence electrons. The van der Waals surface area contributed by atoms with E-state index in [1.54, 1.807) is 16.5 Å². The van der Waals surface area contributed by atoms with Crippen LogP contribution in [0.4, 0.5) is 5.69 Å². The van der Waals surface area contributed by atoms with Gasteiger partial charge in [0.1, 0.15) is 0 Å². The molecule has 2 heterocycles. The Morgan fingerprint density at radius 2 is 1.91 bits per heavy atom. The number of hydrogen-bond donors (Lipinski definition) is 1. The van der Waals surface area contributed by atoms with Crippen molar-refractivity contribution in [1.82, 2.24) is 10.1 Å². The summed E-state index contributed by atoms with van der Waals surface area (Å²) in [5, 5.41) is 5.34. The van der Waals surface area contributed by atoms with E-state index < -0.39 is 6.17 Å². The molecule has 0 fully saturated rings. The molecule has 3 aromatic rings. The predicted octanol–water partition coefficient (Wildman–Crippen LogP) is 4.59. The minimum Gasteiger partial charge on any atom is -0.291 e. The number of H-pyrrole nitrogens is 1. The highest BCUT2D eigenvalue weighted by molar-refractivity contribution is 7.99. The summed E-state index contributed by atoms with van der Waals surface area (Å²) in [6.07, 6.45) is 6.68. The van der Waals surface area contributed by atoms with Crippen LogP contribution in [0.15, 0.2) is 70.6 Å². The summed E-state index contributed by atoms with van der Waals surface area (Å²) in [5.74, 6) is 0.769. The van der Waals surface area contributed by atoms with Crippen LogP contribution in [0.2, 0.25) is 0 Å². The first-order chi connectivity index (χ1) is 15.6. The zero-order chi connectivity index (χ0) is 22.5. The summed E-state index contributed by atoms with van der Waals surface area (Å²) in [4.78, 5) is 30.6. The van der Waals surface area contributed by atoms with E-state index in [1.807, 2.05) is 66.7 Å². The number of thioether (sulfide) groups is 1. The lowest BCUT2D eigenvalue weighted by Crippen LogP contribution is -2.59. The topological polar surface area (TPSA) is 69.9 Å². The number of amides is 1. The maximum atomic E-state index is 13.2. The fourth-order valence-corrected chi connectivity index (χ4v) is 4.73. The number of carbonyl (C=O) groups is 1. The molecule has 1 N–H and O–H groups in total. The summed E-state index contributed by atoms with van der Waals surface area (Å²) in [6.45, 7) is 3.70. The molecule has 32 heavy (non-hydrogen) atoms. The molecule has 1 unspecified atom stereocenters. The Balaban J connectivity index is 1.83. The van der Waals surface area contributed by atoms with E-state index in [4.69, 9.17) is 5.10 Å². The van der Waals surface area contributed by atoms with Gasteiger partial charge in [-0.1, -0.05) is 80.1 Å². The van der Waals surface area contributed by atoms with Gasteiger partial charge in [0, 0.05) is 23.9 Å². The number of nitrogens with zero attached hydrogens (tertiary/aromatic N) is 3. The van der Waals surface area contributed by atoms with Crippen molar-refractivity contribution in [3.8, 4) is 11.3 Å². The Kier molecular flexibility index (Phi) is 6.85. The van der Waals surface area contributed by atoms with Crippen LogP contribution in [-0.2, 0) is 4.79 Å². The highest BCUT2D eigenvalue weighted by atomic mass is 32.2. The standard InChI is InChI=1S/C25H26N4O2S/c1-3-4-10-17-32-25-26-24(31)23-20-13-8-9-14-21(20)28(18(2)30)22(29(23)27-25)16-15-19-11-6-5-7-12-19/h5-9,11-16,22H,3-4,10,17H2,1-2H3/p+1/b16-15+. The molecule has 2 aromatic carbocycles. The molecule has 4 rings (SSSR count). The zero-order valence-corrected chi connectivity index (χ0v) is 19.1. The first-order valence-corrected chi connectivity index (χ1v) is 11.9. The van der Waals surface area contributed by atoms with Crippen LogP contribution >= 0.6 is 11.8 Å². The van der Waals surface area contributed by atoms with E-state index in [2.05, 4.69) is 11.9 Å². The minimum absolute atomic E-state index is 0.113. The van der Waals surface area contributed by atoms with Crippen LogP contribution in [-0.4, -0.2) is 21.7 Å². The van der Waals surface area contributed by atoms with Gasteiger partial charge in [0.05, 0.1) is 11.3 Å². The van der Waals surface area contributed by atoms with E-state index in [0.29, 0.717) is 22.1 Å². The van der Waals surface area contributed by atoms with Crippen LogP contribution < -0.4 is 15.1 Å². The van der Waals surface area contributed by atoms with E-state index >= 15 is 0 Å². The molecule has 1 aromatic heterocycles. The number of aromatic amines is 1. The minimum atomic E-state index is -0.546. The van der Waals surface area contributed by atoms with Crippen molar-refractivity contribution in [2.75, 3.05) is 10.7 Å². The molecule has 1 amide bonds. The van der Waals surface area contributed by atoms with Gasteiger partial charge in [0.2, 0.25) is 11.1 Å². The molecular formula is C25H27N4O2S+. The molecule has 7 heteroatoms. The largest absolute Gasteiger partial charge is 0.325 e. The van der Waals surface area contributed by atoms with Gasteiger partial charge in [-0.15, -0.1) is 0 Å². The average Bonchev–Trinajstić information content (AvgIpc) is 2.80. The molecule has 6 nitrogen and oxygen atoms in total. The number of para-hydroxylation sites is 1. The summed E-state index contributed by atoms with van der Waals surface area (Å²) in [7, 11) is 0. The summed E-state index contributed by atoms with van der Waals surface area (Å²) in [5.41, 5.74) is 2.67. The maximum Gasteiger partial charge on any atom is 0.325 e. The van der Waals surface area contributed by atoms with Crippen molar-refractivity contribution >= 4 is 29.4 Å². The number of anilines is 1. The number of rotatable bonds is 7. The molecule has 0 saturated heterocycles. The Labute approximate surface area is 192 Å². The van der Waals surface area contributed by atoms with E-state index in [9.17, 15) is 9.59 Å². The number of nitrogens with one attached hydrogen (secondary N) is 1. The van der Waals surface area contributed by atoms with Gasteiger partial charge in [0.15, 0.2) is 0 Å². The lowest BCUT2D eigenvalue weighted by molar-refractivity contribution is -0.761. The van der Waals surface area contributed by atoms with E-state index in [-0.39, 0.29) is 11.5 Å². The lowest BCUT2D eigenvalue weighted by atomic mass is 10.0. The summed E-state index contributed by atoms with van der Waals surface area (Å²) >= 11 is 1.54. The predicted molar refractivity (Wildman–Crippen MR) is 128 cm³/mol. The fourth-order valence-electron chi connectivity index (χ4n) is 3.88. The van der Waals surface area contributed by atoms with Crippen LogP contribution in [0.5, 0.6) is 0 Å². The Morgan fingerprint density at radius 1 is 1.16 bits per heavy atom. The highest BCUT2D eigenvalue weighted by Crippen LogP contribution is 2.35. The molecule has 1 atom stereocenters. The molecule has 0 aliphatic carbocycles. The van der Waals surface area contributed by atoms with Crippen molar-refractivity contribution < 1.29 is 9.48 Å². The second-order valence-corrected chi connectivity index (χ2v) is 8.78. The zero-order valence-electron chi connectivity index (χ0n) is 18.3. The number of benzene rings is 2. The van der Waals surface area contributed by atoms with Crippen molar-refractivity contribution in [3.05, 3.63) is 76.6 Å². The quantitative estimate of drug-likeness (QED) is 0.327. The van der Waals surface area contributed by atoms with Gasteiger partial charge in [-0.3, -0.25) is 14.6 Å². The molecule has 1 aliphatic heterocycles. The second-order valence-electron chi connectivity index (χ2n) is 7.70. The number of carbonyl (C=O) groups excluding carboxylic acids is 1. The Morgan fingerprint density at radius 3 is 2.66 bits per heavy atom. The molecule has 0 spiro atoms. The monoisotopic (exact) mass is 447 g/mol. The van der Waals surface area contributed by atoms with Crippen LogP contribution in [0.3, 0.4) is 0 Å². The fraction of sp³-hybridized carbons (Fsp3) is 0.280. The second kappa shape index (κ2) is 9.96. The normalized spacial score (nSPS) is 14.9. The molecule has 0 saturated carbocycles.